The van der Waals surface area contributed by atoms with Crippen molar-refractivity contribution in [1.29, 1.82) is 0 Å². The third kappa shape index (κ3) is 8.36. The Morgan fingerprint density at radius 1 is 1.07 bits per heavy atom. The van der Waals surface area contributed by atoms with Gasteiger partial charge in [0.05, 0.1) is 0 Å². The Bertz CT molecular complexity index is 217. The molecule has 0 fully saturated rings. The van der Waals surface area contributed by atoms with Crippen LogP contribution in [0.4, 0.5) is 0 Å². The van der Waals surface area contributed by atoms with Gasteiger partial charge in [-0.1, -0.05) is 0 Å². The standard InChI is InChI=1S/C2H8O7P2.3K/c1-2(3,10(4,5)6)11(7,8)9;;;/h3H,1H3,(H2,4,5,6)(H2,7,8,9);;;/q;3*+1/p-3. The molecule has 0 bridgehead atoms. The molecule has 0 aliphatic rings. The Kier molecular flexibility index (Phi) is 19.6. The van der Waals surface area contributed by atoms with Crippen molar-refractivity contribution in [2.24, 2.45) is 0 Å². The van der Waals surface area contributed by atoms with Crippen molar-refractivity contribution in [3.05, 3.63) is 0 Å². The SMILES string of the molecule is CC(O)(P(=O)([O-])[O-])P(=O)([O-])O.[K+].[K+].[K+]. The second kappa shape index (κ2) is 9.98. The summed E-state index contributed by atoms with van der Waals surface area (Å²) in [6.45, 7) is 0.196. The second-order valence-electron chi connectivity index (χ2n) is 1.99. The van der Waals surface area contributed by atoms with Gasteiger partial charge in [-0.05, 0) is 14.5 Å². The summed E-state index contributed by atoms with van der Waals surface area (Å²) < 4.78 is 20.1. The van der Waals surface area contributed by atoms with Crippen LogP contribution in [0.1, 0.15) is 6.92 Å². The molecular weight excluding hydrogens is 315 g/mol. The first-order chi connectivity index (χ1) is 4.50. The van der Waals surface area contributed by atoms with Gasteiger partial charge in [0.2, 0.25) is 0 Å². The van der Waals surface area contributed by atoms with Crippen molar-refractivity contribution in [2.45, 2.75) is 12.0 Å². The Hall–Kier alpha value is 5.17. The maximum absolute atomic E-state index is 10.1. The maximum Gasteiger partial charge on any atom is 1.00 e. The molecule has 2 atom stereocenters. The molecule has 0 aliphatic carbocycles. The van der Waals surface area contributed by atoms with E-state index in [0.717, 1.165) is 0 Å². The van der Waals surface area contributed by atoms with Gasteiger partial charge in [0.1, 0.15) is 0 Å². The fourth-order valence-corrected chi connectivity index (χ4v) is 1.39. The molecule has 14 heavy (non-hydrogen) atoms. The van der Waals surface area contributed by atoms with E-state index in [1.807, 2.05) is 0 Å². The molecule has 0 spiro atoms. The fourth-order valence-electron chi connectivity index (χ4n) is 0.155. The third-order valence-electron chi connectivity index (χ3n) is 1.05. The van der Waals surface area contributed by atoms with Crippen LogP contribution in [0, 0.1) is 0 Å². The van der Waals surface area contributed by atoms with Crippen molar-refractivity contribution in [3.8, 4) is 0 Å². The van der Waals surface area contributed by atoms with Crippen molar-refractivity contribution < 1.29 is 188 Å². The van der Waals surface area contributed by atoms with Gasteiger partial charge in [-0.25, -0.2) is 0 Å². The van der Waals surface area contributed by atoms with Crippen LogP contribution in [0.5, 0.6) is 0 Å². The van der Waals surface area contributed by atoms with Gasteiger partial charge in [-0.15, -0.1) is 0 Å². The molecule has 0 aromatic rings. The molecule has 0 radical (unpaired) electrons. The van der Waals surface area contributed by atoms with Crippen LogP contribution in [0.3, 0.4) is 0 Å². The van der Waals surface area contributed by atoms with E-state index in [0.29, 0.717) is 0 Å². The van der Waals surface area contributed by atoms with Crippen LogP contribution < -0.4 is 169 Å². The first-order valence-corrected chi connectivity index (χ1v) is 5.40. The van der Waals surface area contributed by atoms with Gasteiger partial charge >= 0.3 is 154 Å². The predicted molar refractivity (Wildman–Crippen MR) is 28.1 cm³/mol. The zero-order valence-electron chi connectivity index (χ0n) is 8.33. The molecule has 0 rings (SSSR count). The summed E-state index contributed by atoms with van der Waals surface area (Å²) in [4.78, 5) is 38.1. The molecule has 7 nitrogen and oxygen atoms in total. The molecule has 0 saturated carbocycles. The Labute approximate surface area is 209 Å². The van der Waals surface area contributed by atoms with E-state index >= 15 is 0 Å². The Morgan fingerprint density at radius 2 is 1.29 bits per heavy atom. The van der Waals surface area contributed by atoms with E-state index < -0.39 is 20.3 Å². The maximum atomic E-state index is 10.1. The van der Waals surface area contributed by atoms with Crippen LogP contribution in [-0.4, -0.2) is 15.1 Å². The largest absolute Gasteiger partial charge is 1.00 e. The third-order valence-corrected chi connectivity index (χ3v) is 4.66. The Morgan fingerprint density at radius 3 is 1.29 bits per heavy atom. The van der Waals surface area contributed by atoms with Crippen molar-refractivity contribution in [2.75, 3.05) is 0 Å². The van der Waals surface area contributed by atoms with Gasteiger partial charge in [-0.2, -0.15) is 0 Å². The average Bonchev–Trinajstić information content (AvgIpc) is 1.58. The van der Waals surface area contributed by atoms with Crippen molar-refractivity contribution in [1.82, 2.24) is 0 Å². The molecule has 12 heteroatoms. The van der Waals surface area contributed by atoms with Crippen molar-refractivity contribution in [3.63, 3.8) is 0 Å². The number of aliphatic hydroxyl groups is 1. The van der Waals surface area contributed by atoms with Gasteiger partial charge < -0.3 is 33.8 Å². The normalized spacial score (nSPS) is 18.7. The molecule has 0 aliphatic heterocycles. The number of rotatable bonds is 2. The molecule has 0 saturated heterocycles. The van der Waals surface area contributed by atoms with E-state index in [-0.39, 0.29) is 161 Å². The van der Waals surface area contributed by atoms with E-state index in [9.17, 15) is 23.8 Å². The van der Waals surface area contributed by atoms with Crippen LogP contribution in [-0.2, 0) is 9.13 Å². The minimum atomic E-state index is -5.76. The summed E-state index contributed by atoms with van der Waals surface area (Å²) in [5, 5.41) is 4.85. The van der Waals surface area contributed by atoms with E-state index in [4.69, 9.17) is 10.00 Å². The summed E-state index contributed by atoms with van der Waals surface area (Å²) >= 11 is 0. The summed E-state index contributed by atoms with van der Waals surface area (Å²) in [6.07, 6.45) is 0. The smallest absolute Gasteiger partial charge is 0.808 e. The summed E-state index contributed by atoms with van der Waals surface area (Å²) in [6, 6.07) is 0. The van der Waals surface area contributed by atoms with Gasteiger partial charge in [0.25, 0.3) is 0 Å². The quantitative estimate of drug-likeness (QED) is 0.380. The van der Waals surface area contributed by atoms with Crippen molar-refractivity contribution >= 4 is 15.2 Å². The minimum absolute atomic E-state index is 0. The molecule has 68 valence electrons. The van der Waals surface area contributed by atoms with Crippen LogP contribution >= 0.6 is 15.2 Å². The van der Waals surface area contributed by atoms with Crippen LogP contribution in [0.2, 0.25) is 0 Å². The average molecular weight is 320 g/mol. The number of hydrogen-bond acceptors (Lipinski definition) is 6. The summed E-state index contributed by atoms with van der Waals surface area (Å²) in [7, 11) is -11.3. The monoisotopic (exact) mass is 320 g/mol. The van der Waals surface area contributed by atoms with E-state index in [1.54, 1.807) is 0 Å². The zero-order valence-corrected chi connectivity index (χ0v) is 19.5. The number of hydrogen-bond donors (Lipinski definition) is 2. The van der Waals surface area contributed by atoms with Crippen LogP contribution in [0.15, 0.2) is 0 Å². The molecule has 0 heterocycles. The second-order valence-corrected chi connectivity index (χ2v) is 6.12. The van der Waals surface area contributed by atoms with Gasteiger partial charge in [0.15, 0.2) is 12.7 Å². The first kappa shape index (κ1) is 27.5. The molecule has 2 N–H and O–H groups in total. The van der Waals surface area contributed by atoms with Gasteiger partial charge in [0, 0.05) is 0 Å². The van der Waals surface area contributed by atoms with E-state index in [2.05, 4.69) is 0 Å². The molecule has 0 aromatic carbocycles. The topological polar surface area (TPSA) is 144 Å². The van der Waals surface area contributed by atoms with E-state index in [1.165, 1.54) is 0 Å². The summed E-state index contributed by atoms with van der Waals surface area (Å²) in [5.41, 5.74) is 0. The molecule has 0 aromatic heterocycles. The summed E-state index contributed by atoms with van der Waals surface area (Å²) in [5.74, 6) is 0. The first-order valence-electron chi connectivity index (χ1n) is 2.28. The molecule has 0 amide bonds. The predicted octanol–water partition coefficient (Wildman–Crippen LogP) is -11.9. The Balaban J connectivity index is -0.000000167. The molecule has 2 unspecified atom stereocenters. The fraction of sp³-hybridized carbons (Fsp3) is 1.00. The van der Waals surface area contributed by atoms with Crippen LogP contribution in [0.25, 0.3) is 0 Å². The zero-order chi connectivity index (χ0) is 9.50. The van der Waals surface area contributed by atoms with Gasteiger partial charge in [-0.3, -0.25) is 0 Å². The molecular formula is C2H5K3O7P2. The minimum Gasteiger partial charge on any atom is -0.808 e.